The van der Waals surface area contributed by atoms with Gasteiger partial charge in [-0.1, -0.05) is 26.2 Å². The molecule has 0 saturated carbocycles. The van der Waals surface area contributed by atoms with Crippen molar-refractivity contribution in [1.29, 1.82) is 0 Å². The number of Topliss-reactive ketones (excluding diaryl/α,β-unsaturated/α-hetero) is 1. The molecule has 0 radical (unpaired) electrons. The summed E-state index contributed by atoms with van der Waals surface area (Å²) in [6.45, 7) is 4.38. The number of hydrogen-bond acceptors (Lipinski definition) is 6. The maximum Gasteiger partial charge on any atom is 0.305 e. The molecule has 128 valence electrons. The van der Waals surface area contributed by atoms with Crippen molar-refractivity contribution in [3.8, 4) is 0 Å². The maximum absolute atomic E-state index is 11.5. The van der Waals surface area contributed by atoms with E-state index in [1.54, 1.807) is 0 Å². The van der Waals surface area contributed by atoms with Gasteiger partial charge in [0.05, 0.1) is 12.3 Å². The lowest BCUT2D eigenvalue weighted by Gasteiger charge is -2.15. The second-order valence-electron chi connectivity index (χ2n) is 5.54. The number of hydrogen-bond donors (Lipinski definition) is 2. The van der Waals surface area contributed by atoms with Gasteiger partial charge < -0.3 is 15.2 Å². The van der Waals surface area contributed by atoms with E-state index in [4.69, 9.17) is 4.74 Å². The third-order valence-electron chi connectivity index (χ3n) is 3.58. The predicted octanol–water partition coefficient (Wildman–Crippen LogP) is 2.35. The number of allylic oxidation sites excluding steroid dienone is 2. The highest BCUT2D eigenvalue weighted by Gasteiger charge is 2.25. The second-order valence-corrected chi connectivity index (χ2v) is 5.54. The largest absolute Gasteiger partial charge is 0.505 e. The number of ether oxygens (including phenoxy) is 1. The zero-order valence-corrected chi connectivity index (χ0v) is 13.8. The average molecular weight is 323 g/mol. The maximum atomic E-state index is 11.5. The van der Waals surface area contributed by atoms with Crippen molar-refractivity contribution in [2.24, 2.45) is 0 Å². The summed E-state index contributed by atoms with van der Waals surface area (Å²) in [5.74, 6) is -1.81. The molecule has 1 aliphatic rings. The van der Waals surface area contributed by atoms with Crippen molar-refractivity contribution in [3.63, 3.8) is 0 Å². The van der Waals surface area contributed by atoms with Crippen molar-refractivity contribution < 1.29 is 24.2 Å². The van der Waals surface area contributed by atoms with Crippen molar-refractivity contribution >= 4 is 17.5 Å². The van der Waals surface area contributed by atoms with E-state index in [9.17, 15) is 19.5 Å². The number of unbranched alkanes of at least 4 members (excludes halogenated alkanes) is 3. The number of carbonyl (C=O) groups is 3. The molecule has 0 atom stereocenters. The van der Waals surface area contributed by atoms with Crippen LogP contribution in [0.4, 0.5) is 0 Å². The summed E-state index contributed by atoms with van der Waals surface area (Å²) in [4.78, 5) is 34.3. The number of aliphatic hydroxyl groups excluding tert-OH is 1. The molecule has 6 nitrogen and oxygen atoms in total. The Hall–Kier alpha value is -2.11. The van der Waals surface area contributed by atoms with Crippen LogP contribution in [0.25, 0.3) is 0 Å². The molecule has 23 heavy (non-hydrogen) atoms. The van der Waals surface area contributed by atoms with Gasteiger partial charge in [0.15, 0.2) is 0 Å². The Morgan fingerprint density at radius 2 is 1.96 bits per heavy atom. The average Bonchev–Trinajstić information content (AvgIpc) is 2.53. The van der Waals surface area contributed by atoms with E-state index < -0.39 is 11.6 Å². The zero-order chi connectivity index (χ0) is 17.2. The minimum absolute atomic E-state index is 0.0338. The number of carbonyl (C=O) groups excluding carboxylic acids is 3. The highest BCUT2D eigenvalue weighted by Crippen LogP contribution is 2.16. The van der Waals surface area contributed by atoms with Crippen LogP contribution in [-0.2, 0) is 19.1 Å². The van der Waals surface area contributed by atoms with Gasteiger partial charge in [-0.15, -0.1) is 0 Å². The van der Waals surface area contributed by atoms with Gasteiger partial charge in [-0.2, -0.15) is 0 Å². The lowest BCUT2D eigenvalue weighted by atomic mass is 10.00. The molecule has 1 rings (SSSR count). The summed E-state index contributed by atoms with van der Waals surface area (Å²) in [5.41, 5.74) is 0.256. The van der Waals surface area contributed by atoms with E-state index in [0.717, 1.165) is 31.8 Å². The van der Waals surface area contributed by atoms with E-state index >= 15 is 0 Å². The zero-order valence-electron chi connectivity index (χ0n) is 13.8. The van der Waals surface area contributed by atoms with Gasteiger partial charge in [0.25, 0.3) is 0 Å². The van der Waals surface area contributed by atoms with Crippen LogP contribution in [0.1, 0.15) is 52.4 Å². The molecule has 0 saturated heterocycles. The smallest absolute Gasteiger partial charge is 0.305 e. The molecular weight excluding hydrogens is 298 g/mol. The third-order valence-corrected chi connectivity index (χ3v) is 3.58. The van der Waals surface area contributed by atoms with E-state index in [-0.39, 0.29) is 29.4 Å². The van der Waals surface area contributed by atoms with E-state index in [1.807, 2.05) is 0 Å². The molecule has 0 bridgehead atoms. The molecule has 0 unspecified atom stereocenters. The lowest BCUT2D eigenvalue weighted by molar-refractivity contribution is -0.143. The summed E-state index contributed by atoms with van der Waals surface area (Å²) in [7, 11) is 0. The normalized spacial score (nSPS) is 14.8. The number of nitrogens with one attached hydrogen (secondary N) is 1. The van der Waals surface area contributed by atoms with Crippen LogP contribution < -0.4 is 5.32 Å². The van der Waals surface area contributed by atoms with Crippen LogP contribution in [-0.4, -0.2) is 35.8 Å². The van der Waals surface area contributed by atoms with Crippen LogP contribution in [0.5, 0.6) is 0 Å². The van der Waals surface area contributed by atoms with Crippen LogP contribution in [0.3, 0.4) is 0 Å². The standard InChI is InChI=1S/C17H25NO5/c1-3-4-5-6-10-23-15(20)8-7-9-18-13-11-14(19)17(22)12(2)16(13)21/h11,18,21H,3-10H2,1-2H3. The van der Waals surface area contributed by atoms with Gasteiger partial charge in [-0.25, -0.2) is 0 Å². The Morgan fingerprint density at radius 3 is 2.65 bits per heavy atom. The van der Waals surface area contributed by atoms with E-state index in [1.165, 1.54) is 6.92 Å². The monoisotopic (exact) mass is 323 g/mol. The van der Waals surface area contributed by atoms with Crippen LogP contribution >= 0.6 is 0 Å². The fraction of sp³-hybridized carbons (Fsp3) is 0.588. The van der Waals surface area contributed by atoms with Crippen molar-refractivity contribution in [2.45, 2.75) is 52.4 Å². The highest BCUT2D eigenvalue weighted by molar-refractivity contribution is 6.48. The molecular formula is C17H25NO5. The minimum Gasteiger partial charge on any atom is -0.505 e. The Morgan fingerprint density at radius 1 is 1.22 bits per heavy atom. The summed E-state index contributed by atoms with van der Waals surface area (Å²) in [5, 5.41) is 12.7. The van der Waals surface area contributed by atoms with Gasteiger partial charge in [0, 0.05) is 24.6 Å². The number of aliphatic hydroxyl groups is 1. The fourth-order valence-electron chi connectivity index (χ4n) is 2.14. The first-order chi connectivity index (χ1) is 11.0. The predicted molar refractivity (Wildman–Crippen MR) is 85.8 cm³/mol. The molecule has 0 fully saturated rings. The number of ketones is 2. The molecule has 1 aliphatic carbocycles. The second kappa shape index (κ2) is 9.82. The first kappa shape index (κ1) is 18.9. The molecule has 0 aromatic carbocycles. The lowest BCUT2D eigenvalue weighted by Crippen LogP contribution is -2.27. The molecule has 0 spiro atoms. The fourth-order valence-corrected chi connectivity index (χ4v) is 2.14. The topological polar surface area (TPSA) is 92.7 Å². The molecule has 0 aliphatic heterocycles. The minimum atomic E-state index is -0.695. The Kier molecular flexibility index (Phi) is 8.08. The summed E-state index contributed by atoms with van der Waals surface area (Å²) in [6, 6.07) is 0. The molecule has 0 amide bonds. The van der Waals surface area contributed by atoms with Gasteiger partial charge in [0.1, 0.15) is 5.76 Å². The van der Waals surface area contributed by atoms with Crippen molar-refractivity contribution in [1.82, 2.24) is 5.32 Å². The Labute approximate surface area is 136 Å². The van der Waals surface area contributed by atoms with Crippen LogP contribution in [0.15, 0.2) is 23.1 Å². The SMILES string of the molecule is CCCCCCOC(=O)CCCNC1=CC(=O)C(=O)C(C)=C1O. The summed E-state index contributed by atoms with van der Waals surface area (Å²) in [6.07, 6.45) is 6.11. The number of rotatable bonds is 10. The molecule has 0 aromatic rings. The van der Waals surface area contributed by atoms with Gasteiger partial charge in [-0.05, 0) is 19.8 Å². The van der Waals surface area contributed by atoms with E-state index in [0.29, 0.717) is 19.6 Å². The molecule has 0 aromatic heterocycles. The van der Waals surface area contributed by atoms with Gasteiger partial charge >= 0.3 is 5.97 Å². The van der Waals surface area contributed by atoms with Crippen molar-refractivity contribution in [3.05, 3.63) is 23.1 Å². The Balaban J connectivity index is 2.22. The molecule has 2 N–H and O–H groups in total. The van der Waals surface area contributed by atoms with Crippen LogP contribution in [0.2, 0.25) is 0 Å². The van der Waals surface area contributed by atoms with Gasteiger partial charge in [-0.3, -0.25) is 14.4 Å². The molecule has 6 heteroatoms. The summed E-state index contributed by atoms with van der Waals surface area (Å²) < 4.78 is 5.11. The quantitative estimate of drug-likeness (QED) is 0.277. The summed E-state index contributed by atoms with van der Waals surface area (Å²) >= 11 is 0. The number of esters is 1. The molecule has 0 heterocycles. The van der Waals surface area contributed by atoms with Gasteiger partial charge in [0.2, 0.25) is 11.6 Å². The Bertz CT molecular complexity index is 519. The highest BCUT2D eigenvalue weighted by atomic mass is 16.5. The first-order valence-corrected chi connectivity index (χ1v) is 8.07. The van der Waals surface area contributed by atoms with E-state index in [2.05, 4.69) is 12.2 Å². The van der Waals surface area contributed by atoms with Crippen LogP contribution in [0, 0.1) is 0 Å². The first-order valence-electron chi connectivity index (χ1n) is 8.07. The third kappa shape index (κ3) is 6.26. The van der Waals surface area contributed by atoms with Crippen molar-refractivity contribution in [2.75, 3.05) is 13.2 Å².